The average molecular weight is 413 g/mol. The molecule has 0 saturated carbocycles. The lowest BCUT2D eigenvalue weighted by Crippen LogP contribution is -2.33. The van der Waals surface area contributed by atoms with Crippen molar-refractivity contribution in [3.05, 3.63) is 53.1 Å². The molecular weight excluding hydrogens is 385 g/mol. The molecule has 1 aromatic heterocycles. The average Bonchev–Trinajstić information content (AvgIpc) is 3.19. The van der Waals surface area contributed by atoms with Crippen LogP contribution in [0.25, 0.3) is 0 Å². The molecule has 1 aliphatic heterocycles. The molecule has 1 unspecified atom stereocenters. The Morgan fingerprint density at radius 2 is 2.03 bits per heavy atom. The van der Waals surface area contributed by atoms with Crippen LogP contribution in [-0.4, -0.2) is 59.9 Å². The van der Waals surface area contributed by atoms with E-state index in [1.165, 1.54) is 6.07 Å². The van der Waals surface area contributed by atoms with Gasteiger partial charge in [0.25, 0.3) is 5.91 Å². The van der Waals surface area contributed by atoms with Gasteiger partial charge in [-0.25, -0.2) is 14.4 Å². The maximum absolute atomic E-state index is 13.9. The Balaban J connectivity index is 1.80. The summed E-state index contributed by atoms with van der Waals surface area (Å²) in [4.78, 5) is 37.8. The molecule has 2 aromatic rings. The highest BCUT2D eigenvalue weighted by Gasteiger charge is 2.32. The first-order valence-electron chi connectivity index (χ1n) is 10.1. The van der Waals surface area contributed by atoms with Gasteiger partial charge >= 0.3 is 0 Å². The zero-order valence-electron chi connectivity index (χ0n) is 17.9. The second kappa shape index (κ2) is 9.19. The van der Waals surface area contributed by atoms with Gasteiger partial charge in [0.05, 0.1) is 17.7 Å². The highest BCUT2D eigenvalue weighted by atomic mass is 19.1. The van der Waals surface area contributed by atoms with E-state index >= 15 is 0 Å². The molecule has 30 heavy (non-hydrogen) atoms. The SMILES string of the molecule is CC(C)NC(=O)c1cnc(N(C)C)nc1C1CCN(C(=O)Cc2ccccc2F)C1. The first-order chi connectivity index (χ1) is 14.3. The van der Waals surface area contributed by atoms with E-state index in [4.69, 9.17) is 0 Å². The third-order valence-corrected chi connectivity index (χ3v) is 5.10. The number of aromatic nitrogens is 2. The molecule has 3 rings (SSSR count). The van der Waals surface area contributed by atoms with Gasteiger partial charge in [-0.3, -0.25) is 9.59 Å². The summed E-state index contributed by atoms with van der Waals surface area (Å²) in [6, 6.07) is 6.31. The smallest absolute Gasteiger partial charge is 0.254 e. The fourth-order valence-corrected chi connectivity index (χ4v) is 3.55. The van der Waals surface area contributed by atoms with Gasteiger partial charge in [-0.2, -0.15) is 0 Å². The molecule has 1 atom stereocenters. The summed E-state index contributed by atoms with van der Waals surface area (Å²) in [5, 5.41) is 2.89. The maximum Gasteiger partial charge on any atom is 0.254 e. The molecular formula is C22H28FN5O2. The van der Waals surface area contributed by atoms with Crippen molar-refractivity contribution >= 4 is 17.8 Å². The van der Waals surface area contributed by atoms with Crippen LogP contribution in [0, 0.1) is 5.82 Å². The topological polar surface area (TPSA) is 78.4 Å². The lowest BCUT2D eigenvalue weighted by molar-refractivity contribution is -0.129. The van der Waals surface area contributed by atoms with Crippen molar-refractivity contribution in [3.63, 3.8) is 0 Å². The lowest BCUT2D eigenvalue weighted by atomic mass is 9.99. The Kier molecular flexibility index (Phi) is 6.64. The second-order valence-corrected chi connectivity index (χ2v) is 8.09. The van der Waals surface area contributed by atoms with E-state index < -0.39 is 0 Å². The number of amides is 2. The van der Waals surface area contributed by atoms with E-state index in [0.717, 1.165) is 0 Å². The standard InChI is InChI=1S/C22H28FN5O2/c1-14(2)25-21(30)17-12-24-22(27(3)4)26-20(17)16-9-10-28(13-16)19(29)11-15-7-5-6-8-18(15)23/h5-8,12,14,16H,9-11,13H2,1-4H3,(H,25,30). The molecule has 1 aliphatic rings. The Bertz CT molecular complexity index is 931. The fraction of sp³-hybridized carbons (Fsp3) is 0.455. The van der Waals surface area contributed by atoms with E-state index in [2.05, 4.69) is 15.3 Å². The number of likely N-dealkylation sites (tertiary alicyclic amines) is 1. The van der Waals surface area contributed by atoms with Crippen LogP contribution >= 0.6 is 0 Å². The number of carbonyl (C=O) groups excluding carboxylic acids is 2. The van der Waals surface area contributed by atoms with Crippen LogP contribution in [0.15, 0.2) is 30.5 Å². The summed E-state index contributed by atoms with van der Waals surface area (Å²) in [6.45, 7) is 4.78. The number of halogens is 1. The third kappa shape index (κ3) is 4.93. The highest BCUT2D eigenvalue weighted by Crippen LogP contribution is 2.29. The van der Waals surface area contributed by atoms with Gasteiger partial charge in [-0.15, -0.1) is 0 Å². The van der Waals surface area contributed by atoms with Gasteiger partial charge < -0.3 is 15.1 Å². The number of carbonyl (C=O) groups is 2. The molecule has 0 aliphatic carbocycles. The van der Waals surface area contributed by atoms with Gasteiger partial charge in [0.1, 0.15) is 5.82 Å². The summed E-state index contributed by atoms with van der Waals surface area (Å²) < 4.78 is 13.9. The fourth-order valence-electron chi connectivity index (χ4n) is 3.55. The molecule has 2 heterocycles. The minimum Gasteiger partial charge on any atom is -0.350 e. The summed E-state index contributed by atoms with van der Waals surface area (Å²) in [7, 11) is 3.68. The van der Waals surface area contributed by atoms with Crippen molar-refractivity contribution in [2.75, 3.05) is 32.1 Å². The van der Waals surface area contributed by atoms with Crippen LogP contribution < -0.4 is 10.2 Å². The minimum atomic E-state index is -0.374. The molecule has 2 amide bonds. The Hall–Kier alpha value is -3.03. The lowest BCUT2D eigenvalue weighted by Gasteiger charge is -2.20. The molecule has 0 bridgehead atoms. The van der Waals surface area contributed by atoms with E-state index in [9.17, 15) is 14.0 Å². The Labute approximate surface area is 176 Å². The quantitative estimate of drug-likeness (QED) is 0.787. The molecule has 1 fully saturated rings. The van der Waals surface area contributed by atoms with Crippen molar-refractivity contribution in [1.82, 2.24) is 20.2 Å². The zero-order chi connectivity index (χ0) is 21.8. The largest absolute Gasteiger partial charge is 0.350 e. The van der Waals surface area contributed by atoms with Crippen LogP contribution in [0.1, 0.15) is 47.8 Å². The van der Waals surface area contributed by atoms with Gasteiger partial charge in [0, 0.05) is 45.3 Å². The number of benzene rings is 1. The van der Waals surface area contributed by atoms with Crippen LogP contribution in [0.5, 0.6) is 0 Å². The van der Waals surface area contributed by atoms with Crippen molar-refractivity contribution in [1.29, 1.82) is 0 Å². The Morgan fingerprint density at radius 3 is 2.70 bits per heavy atom. The number of nitrogens with one attached hydrogen (secondary N) is 1. The third-order valence-electron chi connectivity index (χ3n) is 5.10. The van der Waals surface area contributed by atoms with E-state index in [1.807, 2.05) is 27.9 Å². The normalized spacial score (nSPS) is 16.1. The molecule has 1 saturated heterocycles. The van der Waals surface area contributed by atoms with Crippen molar-refractivity contribution in [2.45, 2.75) is 38.6 Å². The van der Waals surface area contributed by atoms with Crippen molar-refractivity contribution in [2.24, 2.45) is 0 Å². The number of anilines is 1. The number of rotatable bonds is 6. The summed E-state index contributed by atoms with van der Waals surface area (Å²) in [5.41, 5.74) is 1.47. The zero-order valence-corrected chi connectivity index (χ0v) is 17.9. The van der Waals surface area contributed by atoms with Crippen LogP contribution in [0.4, 0.5) is 10.3 Å². The molecule has 8 heteroatoms. The minimum absolute atomic E-state index is 0.0127. The van der Waals surface area contributed by atoms with Crippen LogP contribution in [-0.2, 0) is 11.2 Å². The number of hydrogen-bond donors (Lipinski definition) is 1. The Morgan fingerprint density at radius 1 is 1.30 bits per heavy atom. The molecule has 0 radical (unpaired) electrons. The predicted octanol–water partition coefficient (Wildman–Crippen LogP) is 2.38. The van der Waals surface area contributed by atoms with Crippen LogP contribution in [0.2, 0.25) is 0 Å². The monoisotopic (exact) mass is 413 g/mol. The van der Waals surface area contributed by atoms with Crippen molar-refractivity contribution in [3.8, 4) is 0 Å². The first-order valence-corrected chi connectivity index (χ1v) is 10.1. The molecule has 1 aromatic carbocycles. The number of hydrogen-bond acceptors (Lipinski definition) is 5. The number of nitrogens with zero attached hydrogens (tertiary/aromatic N) is 4. The molecule has 0 spiro atoms. The van der Waals surface area contributed by atoms with Gasteiger partial charge in [-0.1, -0.05) is 18.2 Å². The maximum atomic E-state index is 13.9. The molecule has 7 nitrogen and oxygen atoms in total. The molecule has 1 N–H and O–H groups in total. The first kappa shape index (κ1) is 21.7. The van der Waals surface area contributed by atoms with Crippen molar-refractivity contribution < 1.29 is 14.0 Å². The summed E-state index contributed by atoms with van der Waals surface area (Å²) in [5.74, 6) is -0.286. The summed E-state index contributed by atoms with van der Waals surface area (Å²) in [6.07, 6.45) is 2.26. The predicted molar refractivity (Wildman–Crippen MR) is 113 cm³/mol. The van der Waals surface area contributed by atoms with Gasteiger partial charge in [0.15, 0.2) is 0 Å². The van der Waals surface area contributed by atoms with Gasteiger partial charge in [-0.05, 0) is 31.9 Å². The van der Waals surface area contributed by atoms with Gasteiger partial charge in [0.2, 0.25) is 11.9 Å². The van der Waals surface area contributed by atoms with E-state index in [0.29, 0.717) is 42.3 Å². The highest BCUT2D eigenvalue weighted by molar-refractivity contribution is 5.95. The van der Waals surface area contributed by atoms with Crippen LogP contribution in [0.3, 0.4) is 0 Å². The second-order valence-electron chi connectivity index (χ2n) is 8.09. The van der Waals surface area contributed by atoms with E-state index in [-0.39, 0.29) is 36.0 Å². The van der Waals surface area contributed by atoms with E-state index in [1.54, 1.807) is 34.2 Å². The molecule has 160 valence electrons. The summed E-state index contributed by atoms with van der Waals surface area (Å²) >= 11 is 0.